The van der Waals surface area contributed by atoms with Gasteiger partial charge in [-0.3, -0.25) is 9.59 Å². The summed E-state index contributed by atoms with van der Waals surface area (Å²) in [6.45, 7) is 10.8. The van der Waals surface area contributed by atoms with Crippen molar-refractivity contribution in [3.8, 4) is 11.1 Å². The Morgan fingerprint density at radius 1 is 0.923 bits per heavy atom. The molecule has 0 aliphatic heterocycles. The zero-order valence-electron chi connectivity index (χ0n) is 24.7. The number of hydrogen-bond acceptors (Lipinski definition) is 4. The van der Waals surface area contributed by atoms with Crippen LogP contribution in [0.4, 0.5) is 0 Å². The third-order valence-corrected chi connectivity index (χ3v) is 7.37. The second kappa shape index (κ2) is 13.7. The first kappa shape index (κ1) is 30.2. The van der Waals surface area contributed by atoms with E-state index in [0.29, 0.717) is 6.42 Å². The van der Waals surface area contributed by atoms with Gasteiger partial charge in [-0.05, 0) is 99.0 Å². The summed E-state index contributed by atoms with van der Waals surface area (Å²) in [5, 5.41) is 0. The van der Waals surface area contributed by atoms with Gasteiger partial charge >= 0.3 is 0 Å². The average molecular weight is 529 g/mol. The number of hydrogen-bond donors (Lipinski definition) is 0. The van der Waals surface area contributed by atoms with Gasteiger partial charge in [0.05, 0.1) is 6.04 Å². The number of pyridine rings is 1. The molecule has 0 aliphatic carbocycles. The predicted molar refractivity (Wildman–Crippen MR) is 160 cm³/mol. The maximum Gasteiger partial charge on any atom is 0.251 e. The molecular formula is C34H44N2O3. The molecule has 3 rings (SSSR count). The van der Waals surface area contributed by atoms with Crippen molar-refractivity contribution in [3.05, 3.63) is 93.4 Å². The molecule has 39 heavy (non-hydrogen) atoms. The maximum absolute atomic E-state index is 13.9. The van der Waals surface area contributed by atoms with Crippen molar-refractivity contribution in [2.75, 3.05) is 20.6 Å². The number of Topliss-reactive ketones (excluding diaryl/α,β-unsaturated/α-hetero) is 2. The lowest BCUT2D eigenvalue weighted by Gasteiger charge is -2.24. The summed E-state index contributed by atoms with van der Waals surface area (Å²) < 4.78 is 1.60. The van der Waals surface area contributed by atoms with E-state index < -0.39 is 6.04 Å². The minimum atomic E-state index is -0.559. The van der Waals surface area contributed by atoms with Gasteiger partial charge in [0, 0.05) is 31.6 Å². The lowest BCUT2D eigenvalue weighted by molar-refractivity contribution is -0.123. The molecule has 5 heteroatoms. The molecule has 0 N–H and O–H groups in total. The van der Waals surface area contributed by atoms with Gasteiger partial charge in [-0.15, -0.1) is 0 Å². The van der Waals surface area contributed by atoms with Crippen LogP contribution in [0.25, 0.3) is 11.1 Å². The highest BCUT2D eigenvalue weighted by molar-refractivity contribution is 5.85. The Hall–Kier alpha value is -3.31. The van der Waals surface area contributed by atoms with Gasteiger partial charge in [0.25, 0.3) is 5.56 Å². The molecule has 0 saturated heterocycles. The SMILES string of the molecule is CC(=O)C[C@H](CC(=O)C(CC(C)C)n1ccc(CCN(C)C)cc1=O)c1cccc(-c2c(C)cccc2C)c1. The standard InChI is InChI=1S/C34H44N2O3/c1-23(2)18-31(36-17-15-27(20-33(36)39)14-16-35(6)7)32(38)22-30(19-26(5)37)28-12-9-13-29(21-28)34-24(3)10-8-11-25(34)4/h8-13,15,17,20-21,23,30-31H,14,16,18-19,22H2,1-7H3/t30-,31?/m1/s1. The average Bonchev–Trinajstić information content (AvgIpc) is 2.85. The fourth-order valence-electron chi connectivity index (χ4n) is 5.39. The van der Waals surface area contributed by atoms with E-state index in [1.807, 2.05) is 32.3 Å². The van der Waals surface area contributed by atoms with E-state index in [2.05, 4.69) is 62.9 Å². The summed E-state index contributed by atoms with van der Waals surface area (Å²) >= 11 is 0. The third kappa shape index (κ3) is 8.34. The first-order chi connectivity index (χ1) is 18.5. The van der Waals surface area contributed by atoms with Gasteiger partial charge in [0.15, 0.2) is 5.78 Å². The molecule has 1 heterocycles. The van der Waals surface area contributed by atoms with Crippen molar-refractivity contribution in [3.63, 3.8) is 0 Å². The van der Waals surface area contributed by atoms with Crippen LogP contribution >= 0.6 is 0 Å². The van der Waals surface area contributed by atoms with Crippen LogP contribution in [-0.4, -0.2) is 41.7 Å². The van der Waals surface area contributed by atoms with E-state index in [-0.39, 0.29) is 41.8 Å². The molecule has 1 unspecified atom stereocenters. The quantitative estimate of drug-likeness (QED) is 0.253. The van der Waals surface area contributed by atoms with E-state index in [1.165, 1.54) is 16.7 Å². The van der Waals surface area contributed by atoms with Crippen LogP contribution in [0, 0.1) is 19.8 Å². The normalized spacial score (nSPS) is 13.1. The minimum absolute atomic E-state index is 0.00410. The molecule has 2 aromatic carbocycles. The second-order valence-electron chi connectivity index (χ2n) is 11.6. The summed E-state index contributed by atoms with van der Waals surface area (Å²) in [7, 11) is 4.02. The summed E-state index contributed by atoms with van der Waals surface area (Å²) in [5.41, 5.74) is 6.46. The number of likely N-dealkylation sites (N-methyl/N-ethyl adjacent to an activating group) is 1. The molecule has 0 radical (unpaired) electrons. The number of rotatable bonds is 13. The Morgan fingerprint density at radius 2 is 1.59 bits per heavy atom. The third-order valence-electron chi connectivity index (χ3n) is 7.37. The largest absolute Gasteiger partial charge is 0.309 e. The van der Waals surface area contributed by atoms with Gasteiger partial charge in [0.2, 0.25) is 0 Å². The van der Waals surface area contributed by atoms with Crippen LogP contribution in [0.1, 0.15) is 74.2 Å². The van der Waals surface area contributed by atoms with E-state index in [4.69, 9.17) is 0 Å². The molecule has 5 nitrogen and oxygen atoms in total. The monoisotopic (exact) mass is 528 g/mol. The molecule has 0 aliphatic rings. The Bertz CT molecular complexity index is 1330. The molecule has 0 spiro atoms. The van der Waals surface area contributed by atoms with Gasteiger partial charge in [-0.1, -0.05) is 56.3 Å². The molecule has 0 fully saturated rings. The maximum atomic E-state index is 13.9. The van der Waals surface area contributed by atoms with Gasteiger partial charge in [-0.25, -0.2) is 0 Å². The van der Waals surface area contributed by atoms with E-state index >= 15 is 0 Å². The van der Waals surface area contributed by atoms with E-state index in [9.17, 15) is 14.4 Å². The van der Waals surface area contributed by atoms with Crippen molar-refractivity contribution < 1.29 is 9.59 Å². The predicted octanol–water partition coefficient (Wildman–Crippen LogP) is 6.55. The van der Waals surface area contributed by atoms with Crippen LogP contribution in [-0.2, 0) is 16.0 Å². The Balaban J connectivity index is 1.94. The van der Waals surface area contributed by atoms with Gasteiger partial charge in [-0.2, -0.15) is 0 Å². The molecule has 2 atom stereocenters. The first-order valence-corrected chi connectivity index (χ1v) is 14.0. The molecule has 0 bridgehead atoms. The van der Waals surface area contributed by atoms with Crippen molar-refractivity contribution in [1.82, 2.24) is 9.47 Å². The molecule has 1 aromatic heterocycles. The number of carbonyl (C=O) groups is 2. The van der Waals surface area contributed by atoms with Crippen LogP contribution < -0.4 is 5.56 Å². The van der Waals surface area contributed by atoms with Crippen molar-refractivity contribution in [2.24, 2.45) is 5.92 Å². The summed E-state index contributed by atoms with van der Waals surface area (Å²) in [5.74, 6) is 0.0329. The highest BCUT2D eigenvalue weighted by Gasteiger charge is 2.27. The number of ketones is 2. The van der Waals surface area contributed by atoms with Crippen LogP contribution in [0.3, 0.4) is 0 Å². The fraction of sp³-hybridized carbons (Fsp3) is 0.441. The Kier molecular flexibility index (Phi) is 10.6. The Labute approximate surface area is 233 Å². The summed E-state index contributed by atoms with van der Waals surface area (Å²) in [4.78, 5) is 41.4. The number of aromatic nitrogens is 1. The molecule has 0 saturated carbocycles. The minimum Gasteiger partial charge on any atom is -0.309 e. The smallest absolute Gasteiger partial charge is 0.251 e. The number of aryl methyl sites for hydroxylation is 2. The lowest BCUT2D eigenvalue weighted by atomic mass is 9.84. The fourth-order valence-corrected chi connectivity index (χ4v) is 5.39. The van der Waals surface area contributed by atoms with Crippen molar-refractivity contribution in [2.45, 2.75) is 72.3 Å². The van der Waals surface area contributed by atoms with Crippen molar-refractivity contribution in [1.29, 1.82) is 0 Å². The van der Waals surface area contributed by atoms with E-state index in [1.54, 1.807) is 23.8 Å². The zero-order valence-corrected chi connectivity index (χ0v) is 24.7. The number of carbonyl (C=O) groups excluding carboxylic acids is 2. The molecule has 208 valence electrons. The van der Waals surface area contributed by atoms with Gasteiger partial charge < -0.3 is 14.3 Å². The lowest BCUT2D eigenvalue weighted by Crippen LogP contribution is -2.31. The molecule has 0 amide bonds. The first-order valence-electron chi connectivity index (χ1n) is 14.0. The summed E-state index contributed by atoms with van der Waals surface area (Å²) in [6, 6.07) is 17.5. The van der Waals surface area contributed by atoms with Crippen LogP contribution in [0.15, 0.2) is 65.6 Å². The molecular weight excluding hydrogens is 484 g/mol. The second-order valence-corrected chi connectivity index (χ2v) is 11.6. The van der Waals surface area contributed by atoms with Crippen molar-refractivity contribution >= 4 is 11.6 Å². The van der Waals surface area contributed by atoms with Crippen LogP contribution in [0.2, 0.25) is 0 Å². The number of nitrogens with zero attached hydrogens (tertiary/aromatic N) is 2. The highest BCUT2D eigenvalue weighted by atomic mass is 16.1. The topological polar surface area (TPSA) is 59.4 Å². The Morgan fingerprint density at radius 3 is 2.18 bits per heavy atom. The van der Waals surface area contributed by atoms with Gasteiger partial charge in [0.1, 0.15) is 5.78 Å². The molecule has 3 aromatic rings. The zero-order chi connectivity index (χ0) is 28.7. The highest BCUT2D eigenvalue weighted by Crippen LogP contribution is 2.33. The van der Waals surface area contributed by atoms with E-state index in [0.717, 1.165) is 29.7 Å². The van der Waals surface area contributed by atoms with Crippen LogP contribution in [0.5, 0.6) is 0 Å². The number of benzene rings is 2. The summed E-state index contributed by atoms with van der Waals surface area (Å²) in [6.07, 6.45) is 3.63.